The van der Waals surface area contributed by atoms with Gasteiger partial charge in [0.2, 0.25) is 5.91 Å². The summed E-state index contributed by atoms with van der Waals surface area (Å²) >= 11 is 0. The minimum absolute atomic E-state index is 0.0468. The zero-order chi connectivity index (χ0) is 15.2. The molecule has 0 aromatic carbocycles. The fraction of sp³-hybridized carbons (Fsp3) is 0.875. The van der Waals surface area contributed by atoms with E-state index in [4.69, 9.17) is 5.73 Å². The number of amides is 1. The van der Waals surface area contributed by atoms with Crippen LogP contribution < -0.4 is 11.1 Å². The minimum atomic E-state index is -0.769. The summed E-state index contributed by atoms with van der Waals surface area (Å²) in [5.74, 6) is -0.529. The van der Waals surface area contributed by atoms with Crippen LogP contribution in [0.2, 0.25) is 0 Å². The van der Waals surface area contributed by atoms with Crippen LogP contribution in [0.25, 0.3) is 0 Å². The maximum Gasteiger partial charge on any atom is 0.308 e. The van der Waals surface area contributed by atoms with Crippen molar-refractivity contribution in [3.63, 3.8) is 0 Å². The zero-order valence-corrected chi connectivity index (χ0v) is 12.7. The van der Waals surface area contributed by atoms with E-state index in [2.05, 4.69) is 5.32 Å². The first-order chi connectivity index (χ1) is 10.1. The molecule has 5 nitrogen and oxygen atoms in total. The molecule has 0 radical (unpaired) electrons. The summed E-state index contributed by atoms with van der Waals surface area (Å²) in [4.78, 5) is 23.8. The molecule has 120 valence electrons. The molecular weight excluding hydrogens is 268 g/mol. The first-order valence-corrected chi connectivity index (χ1v) is 8.35. The van der Waals surface area contributed by atoms with Crippen LogP contribution in [0.15, 0.2) is 0 Å². The van der Waals surface area contributed by atoms with E-state index in [1.54, 1.807) is 0 Å². The van der Waals surface area contributed by atoms with Gasteiger partial charge in [-0.25, -0.2) is 0 Å². The van der Waals surface area contributed by atoms with Gasteiger partial charge in [-0.3, -0.25) is 9.59 Å². The molecule has 0 aromatic heterocycles. The monoisotopic (exact) mass is 296 g/mol. The van der Waals surface area contributed by atoms with E-state index in [9.17, 15) is 14.7 Å². The van der Waals surface area contributed by atoms with Crippen LogP contribution in [0.5, 0.6) is 0 Å². The molecule has 4 N–H and O–H groups in total. The molecule has 2 rings (SSSR count). The Morgan fingerprint density at radius 2 is 1.67 bits per heavy atom. The van der Waals surface area contributed by atoms with Crippen LogP contribution in [0.3, 0.4) is 0 Å². The summed E-state index contributed by atoms with van der Waals surface area (Å²) < 4.78 is 0. The number of rotatable bonds is 4. The second-order valence-corrected chi connectivity index (χ2v) is 6.65. The van der Waals surface area contributed by atoms with E-state index in [0.717, 1.165) is 51.4 Å². The first kappa shape index (κ1) is 16.3. The summed E-state index contributed by atoms with van der Waals surface area (Å²) in [6.07, 6.45) is 8.30. The number of carboxylic acids is 1. The lowest BCUT2D eigenvalue weighted by Gasteiger charge is -2.30. The lowest BCUT2D eigenvalue weighted by Crippen LogP contribution is -2.45. The maximum absolute atomic E-state index is 12.4. The molecule has 2 unspecified atom stereocenters. The molecule has 2 aliphatic rings. The van der Waals surface area contributed by atoms with Gasteiger partial charge >= 0.3 is 5.97 Å². The number of carbonyl (C=O) groups excluding carboxylic acids is 1. The molecule has 0 heterocycles. The Bertz CT molecular complexity index is 365. The average molecular weight is 296 g/mol. The summed E-state index contributed by atoms with van der Waals surface area (Å²) in [6.45, 7) is 0.706. The van der Waals surface area contributed by atoms with Gasteiger partial charge in [0, 0.05) is 12.0 Å². The van der Waals surface area contributed by atoms with Gasteiger partial charge in [0.25, 0.3) is 0 Å². The second kappa shape index (κ2) is 7.78. The van der Waals surface area contributed by atoms with Crippen molar-refractivity contribution in [1.29, 1.82) is 0 Å². The number of hydrogen-bond acceptors (Lipinski definition) is 3. The van der Waals surface area contributed by atoms with E-state index >= 15 is 0 Å². The van der Waals surface area contributed by atoms with E-state index in [1.165, 1.54) is 0 Å². The van der Waals surface area contributed by atoms with Crippen LogP contribution >= 0.6 is 0 Å². The van der Waals surface area contributed by atoms with Gasteiger partial charge in [0.15, 0.2) is 0 Å². The number of carbonyl (C=O) groups is 2. The molecule has 5 heteroatoms. The van der Waals surface area contributed by atoms with Gasteiger partial charge in [-0.1, -0.05) is 19.3 Å². The predicted molar refractivity (Wildman–Crippen MR) is 80.6 cm³/mol. The van der Waals surface area contributed by atoms with Crippen LogP contribution in [0.4, 0.5) is 0 Å². The van der Waals surface area contributed by atoms with Crippen molar-refractivity contribution < 1.29 is 14.7 Å². The van der Waals surface area contributed by atoms with Crippen molar-refractivity contribution >= 4 is 11.9 Å². The number of nitrogens with two attached hydrogens (primary N) is 1. The quantitative estimate of drug-likeness (QED) is 0.691. The molecule has 2 aliphatic carbocycles. The molecular formula is C16H28N2O3. The first-order valence-electron chi connectivity index (χ1n) is 8.35. The SMILES string of the molecule is NCC1CCC(C(=O)NC2CCCCCC2C(=O)O)CC1. The van der Waals surface area contributed by atoms with Gasteiger partial charge in [0.1, 0.15) is 0 Å². The zero-order valence-electron chi connectivity index (χ0n) is 12.7. The lowest BCUT2D eigenvalue weighted by molar-refractivity contribution is -0.143. The molecule has 2 fully saturated rings. The summed E-state index contributed by atoms with van der Waals surface area (Å²) in [6, 6.07) is -0.190. The Labute approximate surface area is 126 Å². The van der Waals surface area contributed by atoms with Crippen molar-refractivity contribution in [2.24, 2.45) is 23.5 Å². The molecule has 1 amide bonds. The number of nitrogens with one attached hydrogen (secondary N) is 1. The molecule has 21 heavy (non-hydrogen) atoms. The standard InChI is InChI=1S/C16H28N2O3/c17-10-11-6-8-12(9-7-11)15(19)18-14-5-3-1-2-4-13(14)16(20)21/h11-14H,1-10,17H2,(H,18,19)(H,20,21). The van der Waals surface area contributed by atoms with Gasteiger partial charge in [0.05, 0.1) is 5.92 Å². The Morgan fingerprint density at radius 3 is 2.29 bits per heavy atom. The van der Waals surface area contributed by atoms with E-state index < -0.39 is 11.9 Å². The fourth-order valence-electron chi connectivity index (χ4n) is 3.74. The fourth-order valence-corrected chi connectivity index (χ4v) is 3.74. The molecule has 0 saturated heterocycles. The maximum atomic E-state index is 12.4. The van der Waals surface area contributed by atoms with Crippen molar-refractivity contribution in [2.45, 2.75) is 63.8 Å². The molecule has 0 spiro atoms. The van der Waals surface area contributed by atoms with Crippen molar-refractivity contribution in [2.75, 3.05) is 6.54 Å². The van der Waals surface area contributed by atoms with Gasteiger partial charge in [-0.05, 0) is 51.0 Å². The third-order valence-electron chi connectivity index (χ3n) is 5.21. The highest BCUT2D eigenvalue weighted by Gasteiger charge is 2.33. The van der Waals surface area contributed by atoms with Crippen molar-refractivity contribution in [3.8, 4) is 0 Å². The summed E-state index contributed by atoms with van der Waals surface area (Å²) in [5, 5.41) is 12.4. The van der Waals surface area contributed by atoms with E-state index in [-0.39, 0.29) is 17.9 Å². The van der Waals surface area contributed by atoms with Crippen molar-refractivity contribution in [3.05, 3.63) is 0 Å². The number of hydrogen-bond donors (Lipinski definition) is 3. The molecule has 0 aromatic rings. The van der Waals surface area contributed by atoms with Crippen LogP contribution in [-0.4, -0.2) is 29.6 Å². The Balaban J connectivity index is 1.89. The van der Waals surface area contributed by atoms with Crippen LogP contribution in [0, 0.1) is 17.8 Å². The highest BCUT2D eigenvalue weighted by molar-refractivity contribution is 5.80. The van der Waals surface area contributed by atoms with Gasteiger partial charge in [-0.15, -0.1) is 0 Å². The largest absolute Gasteiger partial charge is 0.481 e. The third-order valence-corrected chi connectivity index (χ3v) is 5.21. The summed E-state index contributed by atoms with van der Waals surface area (Å²) in [7, 11) is 0. The van der Waals surface area contributed by atoms with Crippen LogP contribution in [0.1, 0.15) is 57.8 Å². The highest BCUT2D eigenvalue weighted by Crippen LogP contribution is 2.29. The van der Waals surface area contributed by atoms with E-state index in [0.29, 0.717) is 18.9 Å². The number of aliphatic carboxylic acids is 1. The van der Waals surface area contributed by atoms with Gasteiger partial charge in [-0.2, -0.15) is 0 Å². The molecule has 2 saturated carbocycles. The van der Waals surface area contributed by atoms with Crippen molar-refractivity contribution in [1.82, 2.24) is 5.32 Å². The molecule has 0 bridgehead atoms. The number of carboxylic acid groups (broad SMARTS) is 1. The van der Waals surface area contributed by atoms with Gasteiger partial charge < -0.3 is 16.2 Å². The predicted octanol–water partition coefficient (Wildman–Crippen LogP) is 1.90. The Hall–Kier alpha value is -1.10. The minimum Gasteiger partial charge on any atom is -0.481 e. The molecule has 2 atom stereocenters. The Kier molecular flexibility index (Phi) is 6.03. The highest BCUT2D eigenvalue weighted by atomic mass is 16.4. The third kappa shape index (κ3) is 4.43. The Morgan fingerprint density at radius 1 is 1.00 bits per heavy atom. The normalized spacial score (nSPS) is 34.0. The van der Waals surface area contributed by atoms with E-state index in [1.807, 2.05) is 0 Å². The molecule has 0 aliphatic heterocycles. The topological polar surface area (TPSA) is 92.4 Å². The second-order valence-electron chi connectivity index (χ2n) is 6.65. The van der Waals surface area contributed by atoms with Crippen LogP contribution in [-0.2, 0) is 9.59 Å². The smallest absolute Gasteiger partial charge is 0.308 e. The summed E-state index contributed by atoms with van der Waals surface area (Å²) in [5.41, 5.74) is 5.68. The lowest BCUT2D eigenvalue weighted by atomic mass is 9.81. The average Bonchev–Trinajstić information content (AvgIpc) is 2.72.